The Bertz CT molecular complexity index is 728. The van der Waals surface area contributed by atoms with Crippen LogP contribution in [-0.2, 0) is 30.4 Å². The van der Waals surface area contributed by atoms with Crippen LogP contribution in [0.2, 0.25) is 0 Å². The van der Waals surface area contributed by atoms with Gasteiger partial charge in [0.2, 0.25) is 5.91 Å². The monoisotopic (exact) mass is 366 g/mol. The summed E-state index contributed by atoms with van der Waals surface area (Å²) in [5.74, 6) is -1.85. The lowest BCUT2D eigenvalue weighted by molar-refractivity contribution is -0.384. The maximum Gasteiger partial charge on any atom is 0.509 e. The molecule has 140 valence electrons. The lowest BCUT2D eigenvalue weighted by Gasteiger charge is -2.43. The highest BCUT2D eigenvalue weighted by molar-refractivity contribution is 5.87. The predicted octanol–water partition coefficient (Wildman–Crippen LogP) is 1.66. The van der Waals surface area contributed by atoms with E-state index < -0.39 is 40.7 Å². The zero-order valence-electron chi connectivity index (χ0n) is 14.4. The van der Waals surface area contributed by atoms with Crippen molar-refractivity contribution >= 4 is 23.7 Å². The molecule has 0 radical (unpaired) electrons. The summed E-state index contributed by atoms with van der Waals surface area (Å²) in [5, 5.41) is 13.0. The van der Waals surface area contributed by atoms with E-state index in [2.05, 4.69) is 5.32 Å². The molecule has 0 unspecified atom stereocenters. The third-order valence-electron chi connectivity index (χ3n) is 3.76. The van der Waals surface area contributed by atoms with Crippen molar-refractivity contribution < 1.29 is 33.5 Å². The molecule has 1 N–H and O–H groups in total. The first-order valence-corrected chi connectivity index (χ1v) is 7.67. The second-order valence-electron chi connectivity index (χ2n) is 6.18. The molecule has 1 fully saturated rings. The first-order chi connectivity index (χ1) is 12.1. The number of ether oxygens (including phenoxy) is 3. The van der Waals surface area contributed by atoms with E-state index in [-0.39, 0.29) is 12.3 Å². The molecule has 26 heavy (non-hydrogen) atoms. The van der Waals surface area contributed by atoms with Gasteiger partial charge in [-0.2, -0.15) is 0 Å². The molecule has 1 heterocycles. The lowest BCUT2D eigenvalue weighted by atomic mass is 9.83. The number of esters is 1. The SMILES string of the molecule is CC(=O)O[C@H]1NC(=O)[C@H]1C(C)(C)OC(=O)OCc1ccc([N+](=O)[O-])cc1. The van der Waals surface area contributed by atoms with Crippen LogP contribution in [0, 0.1) is 16.0 Å². The van der Waals surface area contributed by atoms with E-state index >= 15 is 0 Å². The Morgan fingerprint density at radius 3 is 2.38 bits per heavy atom. The normalized spacial score (nSPS) is 19.0. The van der Waals surface area contributed by atoms with Gasteiger partial charge in [-0.3, -0.25) is 19.7 Å². The van der Waals surface area contributed by atoms with Gasteiger partial charge in [0.25, 0.3) is 5.69 Å². The van der Waals surface area contributed by atoms with Gasteiger partial charge in [0, 0.05) is 19.1 Å². The van der Waals surface area contributed by atoms with E-state index in [0.717, 1.165) is 0 Å². The van der Waals surface area contributed by atoms with E-state index in [1.165, 1.54) is 45.0 Å². The summed E-state index contributed by atoms with van der Waals surface area (Å²) in [5.41, 5.74) is -0.816. The Morgan fingerprint density at radius 1 is 1.27 bits per heavy atom. The van der Waals surface area contributed by atoms with Crippen LogP contribution >= 0.6 is 0 Å². The number of non-ortho nitro benzene ring substituents is 1. The summed E-state index contributed by atoms with van der Waals surface area (Å²) in [6.45, 7) is 4.05. The fourth-order valence-electron chi connectivity index (χ4n) is 2.48. The van der Waals surface area contributed by atoms with Gasteiger partial charge in [-0.1, -0.05) is 0 Å². The number of β-lactam (4-membered cyclic amide) rings is 1. The van der Waals surface area contributed by atoms with E-state index in [4.69, 9.17) is 14.2 Å². The third kappa shape index (κ3) is 4.47. The Hall–Kier alpha value is -3.17. The molecule has 2 rings (SSSR count). The van der Waals surface area contributed by atoms with E-state index in [1.54, 1.807) is 0 Å². The second-order valence-corrected chi connectivity index (χ2v) is 6.18. The summed E-state index contributed by atoms with van der Waals surface area (Å²) in [4.78, 5) is 44.7. The van der Waals surface area contributed by atoms with Crippen molar-refractivity contribution in [3.8, 4) is 0 Å². The van der Waals surface area contributed by atoms with Gasteiger partial charge < -0.3 is 19.5 Å². The quantitative estimate of drug-likeness (QED) is 0.348. The van der Waals surface area contributed by atoms with Crippen molar-refractivity contribution in [1.29, 1.82) is 0 Å². The maximum absolute atomic E-state index is 11.9. The van der Waals surface area contributed by atoms with Crippen molar-refractivity contribution in [2.24, 2.45) is 5.92 Å². The maximum atomic E-state index is 11.9. The number of amides is 1. The number of carbonyl (C=O) groups excluding carboxylic acids is 3. The number of nitro groups is 1. The van der Waals surface area contributed by atoms with Gasteiger partial charge in [-0.05, 0) is 31.5 Å². The van der Waals surface area contributed by atoms with E-state index in [0.29, 0.717) is 5.56 Å². The Morgan fingerprint density at radius 2 is 1.88 bits per heavy atom. The summed E-state index contributed by atoms with van der Waals surface area (Å²) < 4.78 is 15.1. The number of hydrogen-bond donors (Lipinski definition) is 1. The Kier molecular flexibility index (Phi) is 5.44. The molecule has 0 spiro atoms. The molecule has 1 aliphatic rings. The molecule has 0 aliphatic carbocycles. The summed E-state index contributed by atoms with van der Waals surface area (Å²) in [7, 11) is 0. The van der Waals surface area contributed by atoms with Gasteiger partial charge in [0.05, 0.1) is 4.92 Å². The van der Waals surface area contributed by atoms with Crippen LogP contribution in [0.4, 0.5) is 10.5 Å². The number of nitro benzene ring substituents is 1. The smallest absolute Gasteiger partial charge is 0.441 e. The third-order valence-corrected chi connectivity index (χ3v) is 3.76. The lowest BCUT2D eigenvalue weighted by Crippen LogP contribution is -2.67. The number of hydrogen-bond acceptors (Lipinski definition) is 8. The van der Waals surface area contributed by atoms with Crippen LogP contribution in [0.5, 0.6) is 0 Å². The Labute approximate surface area is 148 Å². The van der Waals surface area contributed by atoms with Crippen LogP contribution in [-0.4, -0.2) is 34.8 Å². The molecule has 0 bridgehead atoms. The minimum Gasteiger partial charge on any atom is -0.441 e. The predicted molar refractivity (Wildman–Crippen MR) is 85.6 cm³/mol. The molecule has 0 aromatic heterocycles. The molecule has 1 aromatic carbocycles. The van der Waals surface area contributed by atoms with Gasteiger partial charge in [-0.25, -0.2) is 4.79 Å². The van der Waals surface area contributed by atoms with Crippen LogP contribution in [0.15, 0.2) is 24.3 Å². The van der Waals surface area contributed by atoms with Crippen LogP contribution in [0.25, 0.3) is 0 Å². The summed E-state index contributed by atoms with van der Waals surface area (Å²) in [6.07, 6.45) is -1.90. The zero-order valence-corrected chi connectivity index (χ0v) is 14.4. The first kappa shape index (κ1) is 19.2. The van der Waals surface area contributed by atoms with E-state index in [1.807, 2.05) is 0 Å². The molecule has 2 atom stereocenters. The fraction of sp³-hybridized carbons (Fsp3) is 0.438. The minimum absolute atomic E-state index is 0.0787. The Balaban J connectivity index is 1.90. The standard InChI is InChI=1S/C16H18N2O8/c1-9(19)25-14-12(13(20)17-14)16(2,3)26-15(21)24-8-10-4-6-11(7-5-10)18(22)23/h4-7,12,14H,8H2,1-3H3,(H,17,20)/t12-,14-/m1/s1. The summed E-state index contributed by atoms with van der Waals surface area (Å²) in [6, 6.07) is 5.48. The molecule has 1 aliphatic heterocycles. The number of carbonyl (C=O) groups is 3. The molecule has 1 amide bonds. The topological polar surface area (TPSA) is 134 Å². The van der Waals surface area contributed by atoms with Crippen molar-refractivity contribution in [1.82, 2.24) is 5.32 Å². The molecule has 10 nitrogen and oxygen atoms in total. The van der Waals surface area contributed by atoms with E-state index in [9.17, 15) is 24.5 Å². The molecule has 0 saturated carbocycles. The zero-order chi connectivity index (χ0) is 19.5. The van der Waals surface area contributed by atoms with Gasteiger partial charge in [0.1, 0.15) is 18.1 Å². The van der Waals surface area contributed by atoms with Gasteiger partial charge in [0.15, 0.2) is 6.23 Å². The van der Waals surface area contributed by atoms with Crippen LogP contribution in [0.1, 0.15) is 26.3 Å². The summed E-state index contributed by atoms with van der Waals surface area (Å²) >= 11 is 0. The van der Waals surface area contributed by atoms with Gasteiger partial charge >= 0.3 is 12.1 Å². The fourth-order valence-corrected chi connectivity index (χ4v) is 2.48. The molecule has 1 aromatic rings. The minimum atomic E-state index is -1.27. The van der Waals surface area contributed by atoms with Crippen molar-refractivity contribution in [2.45, 2.75) is 39.2 Å². The van der Waals surface area contributed by atoms with Crippen molar-refractivity contribution in [3.63, 3.8) is 0 Å². The molecular formula is C16H18N2O8. The second kappa shape index (κ2) is 7.38. The molecular weight excluding hydrogens is 348 g/mol. The van der Waals surface area contributed by atoms with Gasteiger partial charge in [-0.15, -0.1) is 0 Å². The number of rotatable bonds is 6. The molecule has 1 saturated heterocycles. The largest absolute Gasteiger partial charge is 0.509 e. The van der Waals surface area contributed by atoms with Crippen molar-refractivity contribution in [3.05, 3.63) is 39.9 Å². The number of nitrogens with one attached hydrogen (secondary N) is 1. The van der Waals surface area contributed by atoms with Crippen LogP contribution < -0.4 is 5.32 Å². The number of benzene rings is 1. The van der Waals surface area contributed by atoms with Crippen LogP contribution in [0.3, 0.4) is 0 Å². The highest BCUT2D eigenvalue weighted by Crippen LogP contribution is 2.32. The average Bonchev–Trinajstić information content (AvgIpc) is 2.51. The average molecular weight is 366 g/mol. The van der Waals surface area contributed by atoms with Crippen molar-refractivity contribution in [2.75, 3.05) is 0 Å². The molecule has 10 heteroatoms. The first-order valence-electron chi connectivity index (χ1n) is 7.67. The number of nitrogens with zero attached hydrogens (tertiary/aromatic N) is 1. The highest BCUT2D eigenvalue weighted by atomic mass is 16.7. The highest BCUT2D eigenvalue weighted by Gasteiger charge is 2.53.